The lowest BCUT2D eigenvalue weighted by atomic mass is 10.0. The molecule has 1 saturated heterocycles. The van der Waals surface area contributed by atoms with E-state index in [1.54, 1.807) is 6.20 Å². The lowest BCUT2D eigenvalue weighted by Crippen LogP contribution is -2.33. The van der Waals surface area contributed by atoms with Crippen LogP contribution in [0.2, 0.25) is 0 Å². The number of rotatable bonds is 7. The van der Waals surface area contributed by atoms with E-state index in [0.29, 0.717) is 18.1 Å². The molecule has 5 aromatic rings. The largest absolute Gasteiger partial charge is 0.352 e. The number of nitrogens with one attached hydrogen (secondary N) is 2. The van der Waals surface area contributed by atoms with E-state index in [4.69, 9.17) is 12.2 Å². The first-order valence-electron chi connectivity index (χ1n) is 13.1. The Balaban J connectivity index is 1.32. The highest BCUT2D eigenvalue weighted by atomic mass is 32.1. The van der Waals surface area contributed by atoms with Crippen molar-refractivity contribution in [3.63, 3.8) is 0 Å². The van der Waals surface area contributed by atoms with Crippen molar-refractivity contribution in [3.8, 4) is 5.69 Å². The molecule has 1 amide bonds. The number of pyridine rings is 1. The van der Waals surface area contributed by atoms with Gasteiger partial charge in [-0.25, -0.2) is 0 Å². The fourth-order valence-corrected chi connectivity index (χ4v) is 5.66. The zero-order valence-corrected chi connectivity index (χ0v) is 22.4. The predicted molar refractivity (Wildman–Crippen MR) is 160 cm³/mol. The number of amides is 1. The molecule has 1 aliphatic rings. The van der Waals surface area contributed by atoms with Crippen LogP contribution in [-0.4, -0.2) is 32.0 Å². The topological polar surface area (TPSA) is 62.2 Å². The molecule has 2 atom stereocenters. The third kappa shape index (κ3) is 5.13. The van der Waals surface area contributed by atoms with Crippen molar-refractivity contribution in [2.75, 3.05) is 11.9 Å². The lowest BCUT2D eigenvalue weighted by Gasteiger charge is -2.29. The van der Waals surface area contributed by atoms with Crippen molar-refractivity contribution in [2.45, 2.75) is 25.4 Å². The first-order valence-corrected chi connectivity index (χ1v) is 13.5. The summed E-state index contributed by atoms with van der Waals surface area (Å²) in [7, 11) is 0. The van der Waals surface area contributed by atoms with Crippen molar-refractivity contribution < 1.29 is 4.79 Å². The van der Waals surface area contributed by atoms with Crippen LogP contribution in [0.3, 0.4) is 0 Å². The van der Waals surface area contributed by atoms with Crippen LogP contribution in [0.25, 0.3) is 16.5 Å². The van der Waals surface area contributed by atoms with E-state index >= 15 is 0 Å². The summed E-state index contributed by atoms with van der Waals surface area (Å²) in [6, 6.07) is 32.5. The summed E-state index contributed by atoms with van der Waals surface area (Å²) in [6.45, 7) is 2.48. The van der Waals surface area contributed by atoms with Crippen LogP contribution in [0.4, 0.5) is 5.69 Å². The molecule has 1 fully saturated rings. The maximum Gasteiger partial charge on any atom is 0.226 e. The average Bonchev–Trinajstić information content (AvgIpc) is 3.56. The SMILES string of the molecule is Cc1cccc(NC(=O)CCN2C(=S)NC(c3ccccn3)C2c2cccn2-c2ccc3ccccc3c2)c1. The third-order valence-electron chi connectivity index (χ3n) is 7.17. The minimum absolute atomic E-state index is 0.0478. The fourth-order valence-electron chi connectivity index (χ4n) is 5.33. The van der Waals surface area contributed by atoms with Gasteiger partial charge in [0.2, 0.25) is 5.91 Å². The van der Waals surface area contributed by atoms with Gasteiger partial charge in [-0.2, -0.15) is 0 Å². The van der Waals surface area contributed by atoms with Gasteiger partial charge < -0.3 is 20.1 Å². The lowest BCUT2D eigenvalue weighted by molar-refractivity contribution is -0.116. The molecule has 2 N–H and O–H groups in total. The molecule has 39 heavy (non-hydrogen) atoms. The van der Waals surface area contributed by atoms with Crippen molar-refractivity contribution >= 4 is 39.7 Å². The van der Waals surface area contributed by atoms with E-state index in [0.717, 1.165) is 28.3 Å². The fraction of sp³-hybridized carbons (Fsp3) is 0.156. The van der Waals surface area contributed by atoms with Gasteiger partial charge in [0.05, 0.1) is 17.8 Å². The first kappa shape index (κ1) is 24.8. The number of nitrogens with zero attached hydrogens (tertiary/aromatic N) is 3. The van der Waals surface area contributed by atoms with Gasteiger partial charge in [0.25, 0.3) is 0 Å². The Morgan fingerprint density at radius 2 is 1.79 bits per heavy atom. The van der Waals surface area contributed by atoms with E-state index in [9.17, 15) is 4.79 Å². The number of aryl methyl sites for hydroxylation is 1. The Morgan fingerprint density at radius 1 is 0.949 bits per heavy atom. The summed E-state index contributed by atoms with van der Waals surface area (Å²) in [5.41, 5.74) is 4.96. The van der Waals surface area contributed by atoms with Gasteiger partial charge in [-0.05, 0) is 84.0 Å². The van der Waals surface area contributed by atoms with Crippen LogP contribution in [0, 0.1) is 6.92 Å². The van der Waals surface area contributed by atoms with Gasteiger partial charge >= 0.3 is 0 Å². The number of hydrogen-bond acceptors (Lipinski definition) is 3. The van der Waals surface area contributed by atoms with Crippen LogP contribution >= 0.6 is 12.2 Å². The molecule has 0 saturated carbocycles. The highest BCUT2D eigenvalue weighted by Gasteiger charge is 2.41. The van der Waals surface area contributed by atoms with Gasteiger partial charge in [-0.3, -0.25) is 9.78 Å². The van der Waals surface area contributed by atoms with Gasteiger partial charge in [-0.15, -0.1) is 0 Å². The number of aromatic nitrogens is 2. The van der Waals surface area contributed by atoms with Crippen LogP contribution in [-0.2, 0) is 4.79 Å². The second-order valence-electron chi connectivity index (χ2n) is 9.82. The summed E-state index contributed by atoms with van der Waals surface area (Å²) in [6.07, 6.45) is 4.19. The van der Waals surface area contributed by atoms with Gasteiger partial charge in [0, 0.05) is 42.4 Å². The van der Waals surface area contributed by atoms with E-state index in [2.05, 4.69) is 85.9 Å². The smallest absolute Gasteiger partial charge is 0.226 e. The zero-order valence-electron chi connectivity index (χ0n) is 21.6. The van der Waals surface area contributed by atoms with Gasteiger partial charge in [-0.1, -0.05) is 48.5 Å². The number of hydrogen-bond donors (Lipinski definition) is 2. The van der Waals surface area contributed by atoms with Crippen LogP contribution < -0.4 is 10.6 Å². The zero-order chi connectivity index (χ0) is 26.8. The van der Waals surface area contributed by atoms with Crippen LogP contribution in [0.5, 0.6) is 0 Å². The Morgan fingerprint density at radius 3 is 2.62 bits per heavy atom. The minimum Gasteiger partial charge on any atom is -0.352 e. The molecule has 1 aliphatic heterocycles. The van der Waals surface area contributed by atoms with E-state index in [1.165, 1.54) is 10.8 Å². The summed E-state index contributed by atoms with van der Waals surface area (Å²) in [4.78, 5) is 19.7. The van der Waals surface area contributed by atoms with Crippen molar-refractivity contribution in [2.24, 2.45) is 0 Å². The molecular formula is C32H29N5OS. The summed E-state index contributed by atoms with van der Waals surface area (Å²) >= 11 is 5.84. The number of fused-ring (bicyclic) bond motifs is 1. The molecule has 3 heterocycles. The normalized spacial score (nSPS) is 16.8. The maximum absolute atomic E-state index is 12.9. The highest BCUT2D eigenvalue weighted by Crippen LogP contribution is 2.39. The molecule has 0 bridgehead atoms. The number of carbonyl (C=O) groups is 1. The van der Waals surface area contributed by atoms with Gasteiger partial charge in [0.15, 0.2) is 5.11 Å². The Labute approximate surface area is 233 Å². The number of anilines is 1. The first-order chi connectivity index (χ1) is 19.1. The summed E-state index contributed by atoms with van der Waals surface area (Å²) in [5, 5.41) is 9.52. The maximum atomic E-state index is 12.9. The second kappa shape index (κ2) is 10.7. The monoisotopic (exact) mass is 531 g/mol. The molecular weight excluding hydrogens is 502 g/mol. The number of thiocarbonyl (C=S) groups is 1. The van der Waals surface area contributed by atoms with E-state index < -0.39 is 0 Å². The molecule has 0 aliphatic carbocycles. The van der Waals surface area contributed by atoms with Crippen molar-refractivity contribution in [1.82, 2.24) is 19.8 Å². The third-order valence-corrected chi connectivity index (χ3v) is 7.53. The quantitative estimate of drug-likeness (QED) is 0.240. The standard InChI is InChI=1S/C32H29N5OS/c1-22-8-6-11-25(20-22)34-29(38)16-19-37-31(30(35-32(37)39)27-12-4-5-17-33-27)28-13-7-18-36(28)26-15-14-23-9-2-3-10-24(23)21-26/h2-15,17-18,20-21,30-31H,16,19H2,1H3,(H,34,38)(H,35,39). The molecule has 6 rings (SSSR count). The molecule has 3 aromatic carbocycles. The molecule has 6 nitrogen and oxygen atoms in total. The number of benzene rings is 3. The van der Waals surface area contributed by atoms with E-state index in [-0.39, 0.29) is 18.0 Å². The van der Waals surface area contributed by atoms with Crippen LogP contribution in [0.1, 0.15) is 35.5 Å². The average molecular weight is 532 g/mol. The van der Waals surface area contributed by atoms with E-state index in [1.807, 2.05) is 49.4 Å². The summed E-state index contributed by atoms with van der Waals surface area (Å²) < 4.78 is 2.21. The predicted octanol–water partition coefficient (Wildman–Crippen LogP) is 6.34. The molecule has 2 aromatic heterocycles. The van der Waals surface area contributed by atoms with Crippen molar-refractivity contribution in [3.05, 3.63) is 126 Å². The van der Waals surface area contributed by atoms with Crippen molar-refractivity contribution in [1.29, 1.82) is 0 Å². The summed E-state index contributed by atoms with van der Waals surface area (Å²) in [5.74, 6) is -0.0478. The number of carbonyl (C=O) groups excluding carboxylic acids is 1. The molecule has 194 valence electrons. The molecule has 7 heteroatoms. The molecule has 0 radical (unpaired) electrons. The van der Waals surface area contributed by atoms with Gasteiger partial charge in [0.1, 0.15) is 0 Å². The van der Waals surface area contributed by atoms with Crippen LogP contribution in [0.15, 0.2) is 109 Å². The second-order valence-corrected chi connectivity index (χ2v) is 10.2. The highest BCUT2D eigenvalue weighted by molar-refractivity contribution is 7.80. The Bertz CT molecular complexity index is 1650. The molecule has 0 spiro atoms. The molecule has 2 unspecified atom stereocenters. The Kier molecular flexibility index (Phi) is 6.82. The Hall–Kier alpha value is -4.49. The minimum atomic E-state index is -0.160.